The third kappa shape index (κ3) is 4.55. The highest BCUT2D eigenvalue weighted by atomic mass is 79.9. The number of nitrogens with zero attached hydrogens (tertiary/aromatic N) is 3. The summed E-state index contributed by atoms with van der Waals surface area (Å²) in [5.41, 5.74) is 9.40. The molecule has 0 fully saturated rings. The minimum absolute atomic E-state index is 0.0184. The van der Waals surface area contributed by atoms with E-state index in [4.69, 9.17) is 5.73 Å². The number of nitrogens with one attached hydrogen (secondary N) is 2. The van der Waals surface area contributed by atoms with Crippen LogP contribution in [-0.4, -0.2) is 26.8 Å². The molecule has 1 heterocycles. The molecule has 0 atom stereocenters. The third-order valence-corrected chi connectivity index (χ3v) is 4.70. The minimum atomic E-state index is -0.499. The number of benzene rings is 2. The van der Waals surface area contributed by atoms with E-state index in [-0.39, 0.29) is 24.0 Å². The van der Waals surface area contributed by atoms with Crippen molar-refractivity contribution in [3.63, 3.8) is 0 Å². The molecule has 4 N–H and O–H groups in total. The molecule has 0 aliphatic rings. The van der Waals surface area contributed by atoms with Gasteiger partial charge in [-0.25, -0.2) is 4.68 Å². The second-order valence-electron chi connectivity index (χ2n) is 6.29. The third-order valence-electron chi connectivity index (χ3n) is 4.17. The Morgan fingerprint density at radius 1 is 1.04 bits per heavy atom. The maximum atomic E-state index is 12.4. The van der Waals surface area contributed by atoms with E-state index in [9.17, 15) is 9.59 Å². The van der Waals surface area contributed by atoms with Crippen molar-refractivity contribution in [1.29, 1.82) is 0 Å². The molecule has 0 unspecified atom stereocenters. The van der Waals surface area contributed by atoms with Gasteiger partial charge < -0.3 is 16.4 Å². The zero-order chi connectivity index (χ0) is 20.3. The number of rotatable bonds is 5. The van der Waals surface area contributed by atoms with Gasteiger partial charge in [-0.05, 0) is 61.4 Å². The molecule has 0 spiro atoms. The fourth-order valence-electron chi connectivity index (χ4n) is 2.48. The van der Waals surface area contributed by atoms with E-state index in [1.54, 1.807) is 24.3 Å². The summed E-state index contributed by atoms with van der Waals surface area (Å²) in [6.45, 7) is 3.81. The highest BCUT2D eigenvalue weighted by Gasteiger charge is 2.19. The highest BCUT2D eigenvalue weighted by molar-refractivity contribution is 9.10. The number of nitrogen functional groups attached to an aromatic ring is 1. The molecule has 0 saturated heterocycles. The van der Waals surface area contributed by atoms with Crippen LogP contribution in [0.1, 0.15) is 21.6 Å². The summed E-state index contributed by atoms with van der Waals surface area (Å²) in [6, 6.07) is 12.7. The lowest BCUT2D eigenvalue weighted by Gasteiger charge is -2.08. The van der Waals surface area contributed by atoms with Crippen LogP contribution in [0.2, 0.25) is 0 Å². The number of carbonyl (C=O) groups excluding carboxylic acids is 2. The smallest absolute Gasteiger partial charge is 0.280 e. The number of nitrogens with two attached hydrogens (primary N) is 1. The van der Waals surface area contributed by atoms with Gasteiger partial charge in [0.2, 0.25) is 5.91 Å². The van der Waals surface area contributed by atoms with Gasteiger partial charge >= 0.3 is 0 Å². The Morgan fingerprint density at radius 3 is 2.39 bits per heavy atom. The highest BCUT2D eigenvalue weighted by Crippen LogP contribution is 2.17. The molecule has 0 bridgehead atoms. The van der Waals surface area contributed by atoms with Crippen LogP contribution >= 0.6 is 15.9 Å². The van der Waals surface area contributed by atoms with Gasteiger partial charge in [-0.1, -0.05) is 27.2 Å². The number of halogens is 1. The Hall–Kier alpha value is -3.20. The molecular formula is C19H19BrN6O2. The molecule has 9 heteroatoms. The molecule has 0 aliphatic heterocycles. The van der Waals surface area contributed by atoms with E-state index in [0.717, 1.165) is 15.6 Å². The van der Waals surface area contributed by atoms with Gasteiger partial charge in [-0.2, -0.15) is 0 Å². The van der Waals surface area contributed by atoms with Gasteiger partial charge in [0.05, 0.1) is 0 Å². The average Bonchev–Trinajstić information content (AvgIpc) is 3.00. The Labute approximate surface area is 170 Å². The first kappa shape index (κ1) is 19.6. The Kier molecular flexibility index (Phi) is 5.74. The summed E-state index contributed by atoms with van der Waals surface area (Å²) in [4.78, 5) is 24.6. The van der Waals surface area contributed by atoms with Gasteiger partial charge in [0.25, 0.3) is 5.91 Å². The fourth-order valence-corrected chi connectivity index (χ4v) is 2.74. The zero-order valence-electron chi connectivity index (χ0n) is 15.4. The van der Waals surface area contributed by atoms with Crippen LogP contribution in [0.15, 0.2) is 46.9 Å². The predicted molar refractivity (Wildman–Crippen MR) is 111 cm³/mol. The normalized spacial score (nSPS) is 10.5. The second-order valence-corrected chi connectivity index (χ2v) is 7.20. The van der Waals surface area contributed by atoms with E-state index in [0.29, 0.717) is 11.4 Å². The van der Waals surface area contributed by atoms with Crippen molar-refractivity contribution >= 4 is 44.9 Å². The lowest BCUT2D eigenvalue weighted by Crippen LogP contribution is -2.21. The molecule has 0 saturated carbocycles. The Bertz CT molecular complexity index is 1030. The lowest BCUT2D eigenvalue weighted by molar-refractivity contribution is -0.116. The summed E-state index contributed by atoms with van der Waals surface area (Å²) < 4.78 is 2.08. The number of carbonyl (C=O) groups is 2. The van der Waals surface area contributed by atoms with E-state index in [1.165, 1.54) is 4.68 Å². The molecule has 28 heavy (non-hydrogen) atoms. The van der Waals surface area contributed by atoms with Crippen molar-refractivity contribution in [1.82, 2.24) is 15.0 Å². The summed E-state index contributed by atoms with van der Waals surface area (Å²) in [6.07, 6.45) is 0. The number of hydrogen-bond acceptors (Lipinski definition) is 5. The zero-order valence-corrected chi connectivity index (χ0v) is 16.9. The largest absolute Gasteiger partial charge is 0.382 e. The predicted octanol–water partition coefficient (Wildman–Crippen LogP) is 3.13. The molecule has 144 valence electrons. The first-order valence-corrected chi connectivity index (χ1v) is 9.26. The number of amides is 2. The molecular weight excluding hydrogens is 424 g/mol. The van der Waals surface area contributed by atoms with E-state index in [1.807, 2.05) is 32.0 Å². The number of anilines is 3. The van der Waals surface area contributed by atoms with Crippen LogP contribution < -0.4 is 16.4 Å². The molecule has 2 aromatic carbocycles. The average molecular weight is 443 g/mol. The van der Waals surface area contributed by atoms with Crippen LogP contribution in [0.5, 0.6) is 0 Å². The maximum Gasteiger partial charge on any atom is 0.280 e. The van der Waals surface area contributed by atoms with E-state index < -0.39 is 5.91 Å². The second kappa shape index (κ2) is 8.22. The van der Waals surface area contributed by atoms with Crippen molar-refractivity contribution in [3.8, 4) is 0 Å². The number of aromatic nitrogens is 3. The summed E-state index contributed by atoms with van der Waals surface area (Å²) in [7, 11) is 0. The summed E-state index contributed by atoms with van der Waals surface area (Å²) in [5.74, 6) is -0.801. The van der Waals surface area contributed by atoms with Crippen LogP contribution in [0.25, 0.3) is 0 Å². The van der Waals surface area contributed by atoms with Gasteiger partial charge in [0, 0.05) is 15.8 Å². The van der Waals surface area contributed by atoms with Gasteiger partial charge in [0.1, 0.15) is 6.54 Å². The molecule has 1 aromatic heterocycles. The first-order chi connectivity index (χ1) is 13.3. The molecule has 3 aromatic rings. The quantitative estimate of drug-likeness (QED) is 0.561. The van der Waals surface area contributed by atoms with Gasteiger partial charge in [-0.15, -0.1) is 5.10 Å². The Morgan fingerprint density at radius 2 is 1.71 bits per heavy atom. The molecule has 8 nitrogen and oxygen atoms in total. The number of aryl methyl sites for hydroxylation is 2. The SMILES string of the molecule is Cc1ccc(NC(=O)Cn2nnc(C(=O)Nc3ccc(Br)cc3)c2N)cc1C. The van der Waals surface area contributed by atoms with Crippen LogP contribution in [0, 0.1) is 13.8 Å². The van der Waals surface area contributed by atoms with Crippen LogP contribution in [0.4, 0.5) is 17.2 Å². The van der Waals surface area contributed by atoms with Crippen LogP contribution in [0.3, 0.4) is 0 Å². The van der Waals surface area contributed by atoms with Gasteiger partial charge in [-0.3, -0.25) is 9.59 Å². The molecule has 3 rings (SSSR count). The van der Waals surface area contributed by atoms with Crippen molar-refractivity contribution in [2.45, 2.75) is 20.4 Å². The number of hydrogen-bond donors (Lipinski definition) is 3. The molecule has 0 aliphatic carbocycles. The topological polar surface area (TPSA) is 115 Å². The van der Waals surface area contributed by atoms with Crippen molar-refractivity contribution in [2.75, 3.05) is 16.4 Å². The van der Waals surface area contributed by atoms with E-state index >= 15 is 0 Å². The lowest BCUT2D eigenvalue weighted by atomic mass is 10.1. The molecule has 2 amide bonds. The molecule has 0 radical (unpaired) electrons. The van der Waals surface area contributed by atoms with Crippen molar-refractivity contribution in [3.05, 3.63) is 63.8 Å². The Balaban J connectivity index is 1.66. The van der Waals surface area contributed by atoms with Gasteiger partial charge in [0.15, 0.2) is 11.5 Å². The monoisotopic (exact) mass is 442 g/mol. The van der Waals surface area contributed by atoms with Crippen LogP contribution in [-0.2, 0) is 11.3 Å². The van der Waals surface area contributed by atoms with E-state index in [2.05, 4.69) is 36.9 Å². The standard InChI is InChI=1S/C19H19BrN6O2/c1-11-3-6-15(9-12(11)2)22-16(27)10-26-18(21)17(24-25-26)19(28)23-14-7-4-13(20)5-8-14/h3-9H,10,21H2,1-2H3,(H,22,27)(H,23,28). The summed E-state index contributed by atoms with van der Waals surface area (Å²) >= 11 is 3.33. The summed E-state index contributed by atoms with van der Waals surface area (Å²) in [5, 5.41) is 13.1. The van der Waals surface area contributed by atoms with Crippen molar-refractivity contribution < 1.29 is 9.59 Å². The minimum Gasteiger partial charge on any atom is -0.382 e. The fraction of sp³-hybridized carbons (Fsp3) is 0.158. The van der Waals surface area contributed by atoms with Crippen molar-refractivity contribution in [2.24, 2.45) is 0 Å². The first-order valence-electron chi connectivity index (χ1n) is 8.46. The maximum absolute atomic E-state index is 12.4.